The van der Waals surface area contributed by atoms with Crippen LogP contribution in [0.3, 0.4) is 0 Å². The number of hydrogen-bond donors (Lipinski definition) is 0. The van der Waals surface area contributed by atoms with Gasteiger partial charge >= 0.3 is 0 Å². The molecule has 3 aromatic rings. The summed E-state index contributed by atoms with van der Waals surface area (Å²) in [4.78, 5) is 19.7. The minimum atomic E-state index is 0.0347. The molecule has 0 aromatic heterocycles. The molecule has 0 bridgehead atoms. The van der Waals surface area contributed by atoms with E-state index in [0.717, 1.165) is 28.2 Å². The summed E-state index contributed by atoms with van der Waals surface area (Å²) in [6, 6.07) is 25.2. The van der Waals surface area contributed by atoms with Crippen LogP contribution in [0.2, 0.25) is 5.02 Å². The Balaban J connectivity index is 1.74. The smallest absolute Gasteiger partial charge is 0.233 e. The number of amides is 1. The highest BCUT2D eigenvalue weighted by Gasteiger charge is 2.24. The van der Waals surface area contributed by atoms with E-state index in [1.54, 1.807) is 0 Å². The maximum Gasteiger partial charge on any atom is 0.233 e. The summed E-state index contributed by atoms with van der Waals surface area (Å²) in [5.74, 6) is 0.0347. The van der Waals surface area contributed by atoms with Gasteiger partial charge in [0.25, 0.3) is 0 Å². The molecule has 3 nitrogen and oxygen atoms in total. The summed E-state index contributed by atoms with van der Waals surface area (Å²) in [5.41, 5.74) is 4.41. The van der Waals surface area contributed by atoms with Crippen LogP contribution in [0.15, 0.2) is 83.9 Å². The van der Waals surface area contributed by atoms with Crippen molar-refractivity contribution in [1.29, 1.82) is 0 Å². The SMILES string of the molecule is O=C1CC(c2ccc(Cl)cc2)=Nc2ccccc2N1Cc1ccccc1. The van der Waals surface area contributed by atoms with Crippen LogP contribution in [-0.4, -0.2) is 11.6 Å². The van der Waals surface area contributed by atoms with Crippen LogP contribution in [0, 0.1) is 0 Å². The number of carbonyl (C=O) groups is 1. The lowest BCUT2D eigenvalue weighted by atomic mass is 10.1. The first-order valence-corrected chi connectivity index (χ1v) is 8.85. The van der Waals surface area contributed by atoms with Crippen LogP contribution in [0.4, 0.5) is 11.4 Å². The fraction of sp³-hybridized carbons (Fsp3) is 0.0909. The minimum absolute atomic E-state index is 0.0347. The van der Waals surface area contributed by atoms with Crippen molar-refractivity contribution < 1.29 is 4.79 Å². The van der Waals surface area contributed by atoms with Crippen LogP contribution in [0.1, 0.15) is 17.5 Å². The number of fused-ring (bicyclic) bond motifs is 1. The molecule has 26 heavy (non-hydrogen) atoms. The van der Waals surface area contributed by atoms with Gasteiger partial charge in [-0.25, -0.2) is 0 Å². The molecule has 1 aliphatic heterocycles. The van der Waals surface area contributed by atoms with Gasteiger partial charge in [0.1, 0.15) is 0 Å². The molecule has 0 atom stereocenters. The molecule has 0 aliphatic carbocycles. The number of anilines is 1. The Labute approximate surface area is 157 Å². The predicted molar refractivity (Wildman–Crippen MR) is 106 cm³/mol. The molecule has 0 saturated heterocycles. The molecule has 3 aromatic carbocycles. The van der Waals surface area contributed by atoms with Crippen molar-refractivity contribution in [1.82, 2.24) is 0 Å². The van der Waals surface area contributed by atoms with E-state index in [0.29, 0.717) is 11.6 Å². The van der Waals surface area contributed by atoms with Gasteiger partial charge in [-0.2, -0.15) is 0 Å². The number of carbonyl (C=O) groups excluding carboxylic acids is 1. The molecule has 0 fully saturated rings. The number of hydrogen-bond acceptors (Lipinski definition) is 2. The number of halogens is 1. The Morgan fingerprint density at radius 2 is 1.58 bits per heavy atom. The highest BCUT2D eigenvalue weighted by Crippen LogP contribution is 2.34. The van der Waals surface area contributed by atoms with Crippen molar-refractivity contribution >= 4 is 34.6 Å². The van der Waals surface area contributed by atoms with E-state index >= 15 is 0 Å². The van der Waals surface area contributed by atoms with Gasteiger partial charge in [-0.1, -0.05) is 66.2 Å². The molecule has 1 heterocycles. The van der Waals surface area contributed by atoms with Crippen molar-refractivity contribution in [2.45, 2.75) is 13.0 Å². The van der Waals surface area contributed by atoms with Gasteiger partial charge in [-0.15, -0.1) is 0 Å². The molecule has 1 amide bonds. The zero-order valence-corrected chi connectivity index (χ0v) is 14.9. The van der Waals surface area contributed by atoms with E-state index in [9.17, 15) is 4.79 Å². The Hall–Kier alpha value is -2.91. The van der Waals surface area contributed by atoms with Crippen molar-refractivity contribution in [2.75, 3.05) is 4.90 Å². The Bertz CT molecular complexity index is 965. The average Bonchev–Trinajstić information content (AvgIpc) is 2.80. The highest BCUT2D eigenvalue weighted by atomic mass is 35.5. The summed E-state index contributed by atoms with van der Waals surface area (Å²) in [6.45, 7) is 0.528. The zero-order chi connectivity index (χ0) is 17.9. The third-order valence-corrected chi connectivity index (χ3v) is 4.66. The van der Waals surface area contributed by atoms with Crippen LogP contribution in [-0.2, 0) is 11.3 Å². The van der Waals surface area contributed by atoms with Crippen molar-refractivity contribution in [3.05, 3.63) is 95.0 Å². The van der Waals surface area contributed by atoms with Crippen LogP contribution >= 0.6 is 11.6 Å². The molecular formula is C22H17ClN2O. The summed E-state index contributed by atoms with van der Waals surface area (Å²) in [5, 5.41) is 0.667. The summed E-state index contributed by atoms with van der Waals surface area (Å²) in [7, 11) is 0. The van der Waals surface area contributed by atoms with Gasteiger partial charge in [0.05, 0.1) is 30.1 Å². The van der Waals surface area contributed by atoms with Crippen molar-refractivity contribution in [3.8, 4) is 0 Å². The monoisotopic (exact) mass is 360 g/mol. The van der Waals surface area contributed by atoms with Gasteiger partial charge in [0.15, 0.2) is 0 Å². The molecule has 0 radical (unpaired) electrons. The fourth-order valence-corrected chi connectivity index (χ4v) is 3.22. The van der Waals surface area contributed by atoms with E-state index in [1.807, 2.05) is 83.8 Å². The first-order valence-electron chi connectivity index (χ1n) is 8.47. The lowest BCUT2D eigenvalue weighted by Crippen LogP contribution is -2.31. The zero-order valence-electron chi connectivity index (χ0n) is 14.1. The second kappa shape index (κ2) is 7.14. The number of aliphatic imine (C=N–C) groups is 1. The Morgan fingerprint density at radius 3 is 2.35 bits per heavy atom. The molecule has 0 spiro atoms. The predicted octanol–water partition coefficient (Wildman–Crippen LogP) is 5.40. The molecule has 1 aliphatic rings. The average molecular weight is 361 g/mol. The molecule has 4 heteroatoms. The quantitative estimate of drug-likeness (QED) is 0.615. The van der Waals surface area contributed by atoms with Crippen molar-refractivity contribution in [3.63, 3.8) is 0 Å². The third kappa shape index (κ3) is 3.39. The first kappa shape index (κ1) is 16.6. The summed E-state index contributed by atoms with van der Waals surface area (Å²) < 4.78 is 0. The van der Waals surface area contributed by atoms with Gasteiger partial charge in [-0.3, -0.25) is 9.79 Å². The van der Waals surface area contributed by atoms with Crippen LogP contribution in [0.25, 0.3) is 0 Å². The lowest BCUT2D eigenvalue weighted by molar-refractivity contribution is -0.117. The second-order valence-electron chi connectivity index (χ2n) is 6.20. The van der Waals surface area contributed by atoms with Gasteiger partial charge < -0.3 is 4.90 Å². The van der Waals surface area contributed by atoms with E-state index in [1.165, 1.54) is 0 Å². The number of rotatable bonds is 3. The topological polar surface area (TPSA) is 32.7 Å². The first-order chi connectivity index (χ1) is 12.7. The third-order valence-electron chi connectivity index (χ3n) is 4.41. The van der Waals surface area contributed by atoms with Gasteiger partial charge in [0, 0.05) is 5.02 Å². The van der Waals surface area contributed by atoms with Crippen LogP contribution < -0.4 is 4.90 Å². The normalized spacial score (nSPS) is 13.8. The van der Waals surface area contributed by atoms with E-state index in [2.05, 4.69) is 0 Å². The highest BCUT2D eigenvalue weighted by molar-refractivity contribution is 6.30. The van der Waals surface area contributed by atoms with E-state index in [4.69, 9.17) is 16.6 Å². The molecule has 0 N–H and O–H groups in total. The standard InChI is InChI=1S/C22H17ClN2O/c23-18-12-10-17(11-13-18)20-14-22(26)25(15-16-6-2-1-3-7-16)21-9-5-4-8-19(21)24-20/h1-13H,14-15H2. The van der Waals surface area contributed by atoms with E-state index < -0.39 is 0 Å². The maximum atomic E-state index is 13.1. The maximum absolute atomic E-state index is 13.1. The number of para-hydroxylation sites is 2. The van der Waals surface area contributed by atoms with Crippen LogP contribution in [0.5, 0.6) is 0 Å². The second-order valence-corrected chi connectivity index (χ2v) is 6.63. The Kier molecular flexibility index (Phi) is 4.55. The largest absolute Gasteiger partial charge is 0.306 e. The molecule has 128 valence electrons. The minimum Gasteiger partial charge on any atom is -0.306 e. The molecule has 0 saturated carbocycles. The molecule has 4 rings (SSSR count). The van der Waals surface area contributed by atoms with E-state index in [-0.39, 0.29) is 12.3 Å². The van der Waals surface area contributed by atoms with Gasteiger partial charge in [0.2, 0.25) is 5.91 Å². The number of benzene rings is 3. The summed E-state index contributed by atoms with van der Waals surface area (Å²) >= 11 is 5.99. The fourth-order valence-electron chi connectivity index (χ4n) is 3.09. The van der Waals surface area contributed by atoms with Crippen molar-refractivity contribution in [2.24, 2.45) is 4.99 Å². The Morgan fingerprint density at radius 1 is 0.885 bits per heavy atom. The van der Waals surface area contributed by atoms with Gasteiger partial charge in [-0.05, 0) is 35.4 Å². The molecule has 0 unspecified atom stereocenters. The molecular weight excluding hydrogens is 344 g/mol. The number of nitrogens with zero attached hydrogens (tertiary/aromatic N) is 2. The lowest BCUT2D eigenvalue weighted by Gasteiger charge is -2.22. The summed E-state index contributed by atoms with van der Waals surface area (Å²) in [6.07, 6.45) is 0.253.